The van der Waals surface area contributed by atoms with Crippen LogP contribution in [0.1, 0.15) is 30.9 Å². The topological polar surface area (TPSA) is 54.4 Å². The van der Waals surface area contributed by atoms with Gasteiger partial charge >= 0.3 is 0 Å². The minimum absolute atomic E-state index is 0.126. The minimum Gasteiger partial charge on any atom is -0.497 e. The predicted octanol–water partition coefficient (Wildman–Crippen LogP) is 2.42. The van der Waals surface area contributed by atoms with Crippen LogP contribution in [-0.2, 0) is 0 Å². The highest BCUT2D eigenvalue weighted by Crippen LogP contribution is 2.30. The number of fused-ring (bicyclic) bond motifs is 1. The van der Waals surface area contributed by atoms with Gasteiger partial charge in [0.25, 0.3) is 0 Å². The van der Waals surface area contributed by atoms with Gasteiger partial charge in [0.2, 0.25) is 0 Å². The van der Waals surface area contributed by atoms with Crippen LogP contribution in [0, 0.1) is 0 Å². The van der Waals surface area contributed by atoms with Gasteiger partial charge in [-0.05, 0) is 49.2 Å². The first-order valence-electron chi connectivity index (χ1n) is 7.13. The number of rotatable bonds is 3. The van der Waals surface area contributed by atoms with Crippen LogP contribution in [0.15, 0.2) is 30.5 Å². The smallest absolute Gasteiger partial charge is 0.119 e. The molecule has 106 valence electrons. The third-order valence-corrected chi connectivity index (χ3v) is 4.03. The fourth-order valence-corrected chi connectivity index (χ4v) is 2.90. The Morgan fingerprint density at radius 2 is 2.25 bits per heavy atom. The number of nitrogens with one attached hydrogen (secondary N) is 1. The van der Waals surface area contributed by atoms with E-state index in [9.17, 15) is 5.11 Å². The molecule has 0 spiro atoms. The van der Waals surface area contributed by atoms with Crippen LogP contribution in [0.4, 0.5) is 0 Å². The van der Waals surface area contributed by atoms with Crippen LogP contribution in [0.5, 0.6) is 5.75 Å². The molecular weight excluding hydrogens is 252 g/mol. The molecule has 2 atom stereocenters. The quantitative estimate of drug-likeness (QED) is 0.901. The maximum atomic E-state index is 10.7. The number of ether oxygens (including phenoxy) is 1. The van der Waals surface area contributed by atoms with Crippen LogP contribution in [0.2, 0.25) is 0 Å². The molecule has 0 saturated carbocycles. The molecule has 1 aromatic heterocycles. The lowest BCUT2D eigenvalue weighted by atomic mass is 9.93. The lowest BCUT2D eigenvalue weighted by Crippen LogP contribution is -2.38. The average molecular weight is 272 g/mol. The van der Waals surface area contributed by atoms with E-state index in [0.29, 0.717) is 0 Å². The van der Waals surface area contributed by atoms with Gasteiger partial charge < -0.3 is 15.2 Å². The first kappa shape index (κ1) is 13.3. The lowest BCUT2D eigenvalue weighted by Gasteiger charge is -2.28. The Balaban J connectivity index is 2.00. The van der Waals surface area contributed by atoms with Gasteiger partial charge in [0, 0.05) is 17.6 Å². The van der Waals surface area contributed by atoms with E-state index >= 15 is 0 Å². The van der Waals surface area contributed by atoms with E-state index in [4.69, 9.17) is 4.74 Å². The molecule has 1 aliphatic rings. The normalized spacial score (nSPS) is 20.8. The first-order valence-corrected chi connectivity index (χ1v) is 7.13. The molecule has 2 unspecified atom stereocenters. The minimum atomic E-state index is -0.507. The molecule has 20 heavy (non-hydrogen) atoms. The molecule has 3 rings (SSSR count). The molecular formula is C16H20N2O2. The third kappa shape index (κ3) is 2.49. The Kier molecular flexibility index (Phi) is 3.85. The van der Waals surface area contributed by atoms with Gasteiger partial charge in [-0.1, -0.05) is 6.42 Å². The number of aromatic nitrogens is 1. The number of benzene rings is 1. The van der Waals surface area contributed by atoms with Crippen molar-refractivity contribution >= 4 is 10.9 Å². The Bertz CT molecular complexity index is 594. The van der Waals surface area contributed by atoms with Crippen LogP contribution in [0.25, 0.3) is 10.9 Å². The summed E-state index contributed by atoms with van der Waals surface area (Å²) < 4.78 is 5.28. The predicted molar refractivity (Wildman–Crippen MR) is 78.9 cm³/mol. The second-order valence-corrected chi connectivity index (χ2v) is 5.28. The third-order valence-electron chi connectivity index (χ3n) is 4.03. The Morgan fingerprint density at radius 3 is 3.00 bits per heavy atom. The molecule has 2 aromatic rings. The first-order chi connectivity index (χ1) is 9.79. The SMILES string of the molecule is COc1ccc2nccc(C(O)C3CCCCN3)c2c1. The number of aliphatic hydroxyl groups is 1. The summed E-state index contributed by atoms with van der Waals surface area (Å²) in [7, 11) is 1.65. The molecule has 4 heteroatoms. The van der Waals surface area contributed by atoms with Crippen LogP contribution < -0.4 is 10.1 Å². The van der Waals surface area contributed by atoms with E-state index in [1.807, 2.05) is 24.3 Å². The van der Waals surface area contributed by atoms with Gasteiger partial charge in [0.05, 0.1) is 18.7 Å². The van der Waals surface area contributed by atoms with Crippen LogP contribution in [-0.4, -0.2) is 29.8 Å². The van der Waals surface area contributed by atoms with Crippen LogP contribution >= 0.6 is 0 Å². The maximum absolute atomic E-state index is 10.7. The average Bonchev–Trinajstić information content (AvgIpc) is 2.54. The van der Waals surface area contributed by atoms with Crippen molar-refractivity contribution in [3.63, 3.8) is 0 Å². The highest BCUT2D eigenvalue weighted by atomic mass is 16.5. The summed E-state index contributed by atoms with van der Waals surface area (Å²) in [4.78, 5) is 4.36. The summed E-state index contributed by atoms with van der Waals surface area (Å²) >= 11 is 0. The van der Waals surface area contributed by atoms with Crippen LogP contribution in [0.3, 0.4) is 0 Å². The maximum Gasteiger partial charge on any atom is 0.119 e. The number of pyridine rings is 1. The van der Waals surface area contributed by atoms with E-state index in [-0.39, 0.29) is 6.04 Å². The molecule has 0 aliphatic carbocycles. The fraction of sp³-hybridized carbons (Fsp3) is 0.438. The monoisotopic (exact) mass is 272 g/mol. The van der Waals surface area contributed by atoms with Gasteiger partial charge in [-0.2, -0.15) is 0 Å². The van der Waals surface area contributed by atoms with Crippen molar-refractivity contribution in [2.24, 2.45) is 0 Å². The summed E-state index contributed by atoms with van der Waals surface area (Å²) in [6.07, 6.45) is 4.62. The molecule has 0 bridgehead atoms. The number of nitrogens with zero attached hydrogens (tertiary/aromatic N) is 1. The lowest BCUT2D eigenvalue weighted by molar-refractivity contribution is 0.115. The van der Waals surface area contributed by atoms with Crippen molar-refractivity contribution in [2.45, 2.75) is 31.4 Å². The second-order valence-electron chi connectivity index (χ2n) is 5.28. The molecule has 1 fully saturated rings. The van der Waals surface area contributed by atoms with Crippen molar-refractivity contribution in [3.05, 3.63) is 36.0 Å². The Hall–Kier alpha value is -1.65. The Morgan fingerprint density at radius 1 is 1.35 bits per heavy atom. The molecule has 1 saturated heterocycles. The number of hydrogen-bond donors (Lipinski definition) is 2. The Labute approximate surface area is 118 Å². The second kappa shape index (κ2) is 5.77. The van der Waals surface area contributed by atoms with E-state index in [1.54, 1.807) is 13.3 Å². The molecule has 2 N–H and O–H groups in total. The zero-order valence-electron chi connectivity index (χ0n) is 11.7. The van der Waals surface area contributed by atoms with Gasteiger partial charge in [-0.3, -0.25) is 4.98 Å². The molecule has 1 aliphatic heterocycles. The number of aliphatic hydroxyl groups excluding tert-OH is 1. The number of hydrogen-bond acceptors (Lipinski definition) is 4. The standard InChI is InChI=1S/C16H20N2O2/c1-20-11-5-6-14-13(10-11)12(7-9-18-14)16(19)15-4-2-3-8-17-15/h5-7,9-10,15-17,19H,2-4,8H2,1H3. The molecule has 0 radical (unpaired) electrons. The summed E-state index contributed by atoms with van der Waals surface area (Å²) in [5.74, 6) is 0.788. The van der Waals surface area contributed by atoms with Crippen molar-refractivity contribution < 1.29 is 9.84 Å². The summed E-state index contributed by atoms with van der Waals surface area (Å²) in [5.41, 5.74) is 1.81. The van der Waals surface area contributed by atoms with Gasteiger partial charge in [0.15, 0.2) is 0 Å². The highest BCUT2D eigenvalue weighted by molar-refractivity contribution is 5.83. The van der Waals surface area contributed by atoms with Crippen molar-refractivity contribution in [2.75, 3.05) is 13.7 Å². The summed E-state index contributed by atoms with van der Waals surface area (Å²) in [5, 5.41) is 15.0. The summed E-state index contributed by atoms with van der Waals surface area (Å²) in [6, 6.07) is 7.80. The fourth-order valence-electron chi connectivity index (χ4n) is 2.90. The molecule has 0 amide bonds. The van der Waals surface area contributed by atoms with E-state index in [1.165, 1.54) is 12.8 Å². The number of methoxy groups -OCH3 is 1. The largest absolute Gasteiger partial charge is 0.497 e. The van der Waals surface area contributed by atoms with E-state index < -0.39 is 6.10 Å². The van der Waals surface area contributed by atoms with Crippen molar-refractivity contribution in [1.82, 2.24) is 10.3 Å². The van der Waals surface area contributed by atoms with Crippen molar-refractivity contribution in [3.8, 4) is 5.75 Å². The van der Waals surface area contributed by atoms with Gasteiger partial charge in [-0.25, -0.2) is 0 Å². The van der Waals surface area contributed by atoms with E-state index in [2.05, 4.69) is 10.3 Å². The zero-order chi connectivity index (χ0) is 13.9. The number of piperidine rings is 1. The molecule has 4 nitrogen and oxygen atoms in total. The molecule has 2 heterocycles. The zero-order valence-corrected chi connectivity index (χ0v) is 11.7. The summed E-state index contributed by atoms with van der Waals surface area (Å²) in [6.45, 7) is 0.980. The van der Waals surface area contributed by atoms with Gasteiger partial charge in [0.1, 0.15) is 5.75 Å². The molecule has 1 aromatic carbocycles. The van der Waals surface area contributed by atoms with E-state index in [0.717, 1.165) is 35.2 Å². The van der Waals surface area contributed by atoms with Gasteiger partial charge in [-0.15, -0.1) is 0 Å². The highest BCUT2D eigenvalue weighted by Gasteiger charge is 2.24. The van der Waals surface area contributed by atoms with Crippen molar-refractivity contribution in [1.29, 1.82) is 0 Å².